The maximum absolute atomic E-state index is 13.1. The average molecular weight is 453 g/mol. The van der Waals surface area contributed by atoms with Gasteiger partial charge < -0.3 is 10.2 Å². The molecule has 1 aliphatic heterocycles. The standard InChI is InChI=1S/C24H19N7O3/c25-14-18-15-26-30(22-10-8-16-5-1-2-6-19(16)27-22)23(18)28-24(32)17-7-9-20(21(13-17)31(33)34)29-11-3-4-12-29/h1-2,5-10,13,15H,3-4,11-12H2,(H,28,32). The van der Waals surface area contributed by atoms with Gasteiger partial charge in [-0.3, -0.25) is 14.9 Å². The molecule has 2 aromatic carbocycles. The highest BCUT2D eigenvalue weighted by molar-refractivity contribution is 6.05. The first-order valence-electron chi connectivity index (χ1n) is 10.7. The van der Waals surface area contributed by atoms with Gasteiger partial charge in [-0.1, -0.05) is 18.2 Å². The topological polar surface area (TPSA) is 130 Å². The normalized spacial score (nSPS) is 13.1. The van der Waals surface area contributed by atoms with E-state index in [2.05, 4.69) is 15.4 Å². The van der Waals surface area contributed by atoms with Crippen molar-refractivity contribution in [2.45, 2.75) is 12.8 Å². The molecule has 0 atom stereocenters. The number of carbonyl (C=O) groups excluding carboxylic acids is 1. The zero-order valence-corrected chi connectivity index (χ0v) is 18.0. The fourth-order valence-electron chi connectivity index (χ4n) is 4.11. The second-order valence-corrected chi connectivity index (χ2v) is 7.90. The minimum absolute atomic E-state index is 0.109. The Morgan fingerprint density at radius 3 is 2.68 bits per heavy atom. The lowest BCUT2D eigenvalue weighted by molar-refractivity contribution is -0.384. The van der Waals surface area contributed by atoms with Crippen LogP contribution in [0.5, 0.6) is 0 Å². The second kappa shape index (κ2) is 8.63. The number of nitro groups is 1. The van der Waals surface area contributed by atoms with Crippen molar-refractivity contribution in [1.82, 2.24) is 14.8 Å². The fourth-order valence-corrected chi connectivity index (χ4v) is 4.11. The molecule has 168 valence electrons. The maximum Gasteiger partial charge on any atom is 0.293 e. The molecule has 0 aliphatic carbocycles. The van der Waals surface area contributed by atoms with Crippen LogP contribution in [0.3, 0.4) is 0 Å². The molecule has 0 unspecified atom stereocenters. The Balaban J connectivity index is 1.49. The van der Waals surface area contributed by atoms with Crippen LogP contribution >= 0.6 is 0 Å². The summed E-state index contributed by atoms with van der Waals surface area (Å²) in [6.07, 6.45) is 3.29. The van der Waals surface area contributed by atoms with Gasteiger partial charge in [-0.05, 0) is 43.2 Å². The highest BCUT2D eigenvalue weighted by Crippen LogP contribution is 2.32. The number of carbonyl (C=O) groups is 1. The van der Waals surface area contributed by atoms with Gasteiger partial charge in [0.05, 0.1) is 16.6 Å². The second-order valence-electron chi connectivity index (χ2n) is 7.90. The largest absolute Gasteiger partial charge is 0.366 e. The van der Waals surface area contributed by atoms with Crippen molar-refractivity contribution in [3.05, 3.63) is 82.0 Å². The Bertz CT molecular complexity index is 1470. The molecular weight excluding hydrogens is 434 g/mol. The molecule has 1 fully saturated rings. The number of rotatable bonds is 5. The fraction of sp³-hybridized carbons (Fsp3) is 0.167. The zero-order valence-electron chi connectivity index (χ0n) is 18.0. The van der Waals surface area contributed by atoms with E-state index in [1.807, 2.05) is 41.3 Å². The molecule has 1 N–H and O–H groups in total. The first-order chi connectivity index (χ1) is 16.5. The van der Waals surface area contributed by atoms with E-state index in [0.29, 0.717) is 11.5 Å². The van der Waals surface area contributed by atoms with E-state index in [0.717, 1.165) is 36.8 Å². The molecule has 10 heteroatoms. The van der Waals surface area contributed by atoms with Crippen LogP contribution in [0.15, 0.2) is 60.8 Å². The lowest BCUT2D eigenvalue weighted by Gasteiger charge is -2.18. The van der Waals surface area contributed by atoms with Gasteiger partial charge in [0.15, 0.2) is 11.6 Å². The summed E-state index contributed by atoms with van der Waals surface area (Å²) >= 11 is 0. The molecule has 1 saturated heterocycles. The van der Waals surface area contributed by atoms with E-state index in [9.17, 15) is 20.2 Å². The van der Waals surface area contributed by atoms with Crippen LogP contribution in [0.4, 0.5) is 17.2 Å². The van der Waals surface area contributed by atoms with Gasteiger partial charge in [0, 0.05) is 30.1 Å². The van der Waals surface area contributed by atoms with Crippen molar-refractivity contribution in [1.29, 1.82) is 5.26 Å². The third-order valence-corrected chi connectivity index (χ3v) is 5.80. The Morgan fingerprint density at radius 1 is 1.12 bits per heavy atom. The molecule has 2 aromatic heterocycles. The summed E-state index contributed by atoms with van der Waals surface area (Å²) in [5.74, 6) is -0.0254. The summed E-state index contributed by atoms with van der Waals surface area (Å²) in [7, 11) is 0. The van der Waals surface area contributed by atoms with Crippen molar-refractivity contribution in [2.24, 2.45) is 0 Å². The summed E-state index contributed by atoms with van der Waals surface area (Å²) in [6.45, 7) is 1.49. The van der Waals surface area contributed by atoms with Crippen molar-refractivity contribution in [3.63, 3.8) is 0 Å². The number of aromatic nitrogens is 3. The molecule has 1 amide bonds. The van der Waals surface area contributed by atoms with Crippen LogP contribution in [0.2, 0.25) is 0 Å². The molecule has 4 aromatic rings. The van der Waals surface area contributed by atoms with E-state index >= 15 is 0 Å². The smallest absolute Gasteiger partial charge is 0.293 e. The highest BCUT2D eigenvalue weighted by Gasteiger charge is 2.25. The molecule has 0 radical (unpaired) electrons. The number of para-hydroxylation sites is 1. The summed E-state index contributed by atoms with van der Waals surface area (Å²) in [5, 5.41) is 29.1. The minimum atomic E-state index is -0.588. The Morgan fingerprint density at radius 2 is 1.91 bits per heavy atom. The monoisotopic (exact) mass is 453 g/mol. The lowest BCUT2D eigenvalue weighted by Crippen LogP contribution is -2.20. The molecule has 0 saturated carbocycles. The van der Waals surface area contributed by atoms with Crippen LogP contribution in [-0.2, 0) is 0 Å². The van der Waals surface area contributed by atoms with Crippen LogP contribution in [0.1, 0.15) is 28.8 Å². The van der Waals surface area contributed by atoms with E-state index in [1.54, 1.807) is 18.2 Å². The molecular formula is C24H19N7O3. The van der Waals surface area contributed by atoms with Crippen molar-refractivity contribution < 1.29 is 9.72 Å². The zero-order chi connectivity index (χ0) is 23.7. The average Bonchev–Trinajstić information content (AvgIpc) is 3.53. The third-order valence-electron chi connectivity index (χ3n) is 5.80. The van der Waals surface area contributed by atoms with E-state index in [4.69, 9.17) is 0 Å². The minimum Gasteiger partial charge on any atom is -0.366 e. The Hall–Kier alpha value is -4.78. The molecule has 34 heavy (non-hydrogen) atoms. The molecule has 1 aliphatic rings. The van der Waals surface area contributed by atoms with Gasteiger partial charge in [-0.25, -0.2) is 4.98 Å². The van der Waals surface area contributed by atoms with Gasteiger partial charge >= 0.3 is 0 Å². The molecule has 10 nitrogen and oxygen atoms in total. The van der Waals surface area contributed by atoms with Crippen molar-refractivity contribution >= 4 is 34.0 Å². The number of pyridine rings is 1. The quantitative estimate of drug-likeness (QED) is 0.356. The predicted molar refractivity (Wildman–Crippen MR) is 126 cm³/mol. The van der Waals surface area contributed by atoms with Crippen molar-refractivity contribution in [2.75, 3.05) is 23.3 Å². The van der Waals surface area contributed by atoms with E-state index in [-0.39, 0.29) is 22.6 Å². The summed E-state index contributed by atoms with van der Waals surface area (Å²) in [4.78, 5) is 30.8. The van der Waals surface area contributed by atoms with Gasteiger partial charge in [0.1, 0.15) is 17.3 Å². The number of hydrogen-bond donors (Lipinski definition) is 1. The van der Waals surface area contributed by atoms with Crippen LogP contribution in [0, 0.1) is 21.4 Å². The number of nitrogens with zero attached hydrogens (tertiary/aromatic N) is 6. The van der Waals surface area contributed by atoms with Crippen LogP contribution < -0.4 is 10.2 Å². The van der Waals surface area contributed by atoms with Crippen LogP contribution in [-0.4, -0.2) is 38.7 Å². The number of fused-ring (bicyclic) bond motifs is 1. The van der Waals surface area contributed by atoms with Gasteiger partial charge in [-0.2, -0.15) is 15.0 Å². The summed E-state index contributed by atoms with van der Waals surface area (Å²) < 4.78 is 1.37. The van der Waals surface area contributed by atoms with Gasteiger partial charge in [-0.15, -0.1) is 0 Å². The number of amides is 1. The Labute approximate surface area is 194 Å². The first-order valence-corrected chi connectivity index (χ1v) is 10.7. The number of hydrogen-bond acceptors (Lipinski definition) is 7. The number of nitriles is 1. The van der Waals surface area contributed by atoms with Gasteiger partial charge in [0.25, 0.3) is 11.6 Å². The number of nitro benzene ring substituents is 1. The summed E-state index contributed by atoms with van der Waals surface area (Å²) in [5.41, 5.74) is 1.37. The lowest BCUT2D eigenvalue weighted by atomic mass is 10.1. The molecule has 0 bridgehead atoms. The third kappa shape index (κ3) is 3.80. The van der Waals surface area contributed by atoms with E-state index < -0.39 is 10.8 Å². The van der Waals surface area contributed by atoms with Gasteiger partial charge in [0.2, 0.25) is 0 Å². The molecule has 0 spiro atoms. The van der Waals surface area contributed by atoms with E-state index in [1.165, 1.54) is 16.9 Å². The molecule has 5 rings (SSSR count). The first kappa shape index (κ1) is 21.1. The SMILES string of the molecule is N#Cc1cnn(-c2ccc3ccccc3n2)c1NC(=O)c1ccc(N2CCCC2)c([N+](=O)[O-])c1. The predicted octanol–water partition coefficient (Wildman–Crippen LogP) is 4.05. The number of benzene rings is 2. The van der Waals surface area contributed by atoms with Crippen LogP contribution in [0.25, 0.3) is 16.7 Å². The maximum atomic E-state index is 13.1. The number of anilines is 2. The highest BCUT2D eigenvalue weighted by atomic mass is 16.6. The Kier molecular flexibility index (Phi) is 5.35. The van der Waals surface area contributed by atoms with Crippen molar-refractivity contribution in [3.8, 4) is 11.9 Å². The molecule has 3 heterocycles. The number of nitrogens with one attached hydrogen (secondary N) is 1. The summed E-state index contributed by atoms with van der Waals surface area (Å²) in [6, 6.07) is 17.6.